The maximum absolute atomic E-state index is 11.9. The van der Waals surface area contributed by atoms with E-state index in [1.54, 1.807) is 0 Å². The molecule has 0 spiro atoms. The number of ketones is 1. The van der Waals surface area contributed by atoms with E-state index < -0.39 is 0 Å². The second kappa shape index (κ2) is 6.23. The van der Waals surface area contributed by atoms with E-state index in [2.05, 4.69) is 40.2 Å². The van der Waals surface area contributed by atoms with Crippen molar-refractivity contribution >= 4 is 27.8 Å². The number of carbonyl (C=O) groups is 1. The Morgan fingerprint density at radius 2 is 1.90 bits per heavy atom. The van der Waals surface area contributed by atoms with Crippen LogP contribution in [0.2, 0.25) is 0 Å². The van der Waals surface area contributed by atoms with Crippen LogP contribution in [0.15, 0.2) is 36.4 Å². The average Bonchev–Trinajstić information content (AvgIpc) is 2.62. The number of ether oxygens (including phenoxy) is 1. The van der Waals surface area contributed by atoms with Crippen molar-refractivity contribution in [3.63, 3.8) is 0 Å². The second-order valence-corrected chi connectivity index (χ2v) is 7.17. The molecule has 0 saturated heterocycles. The van der Waals surface area contributed by atoms with Gasteiger partial charge in [-0.25, -0.2) is 0 Å². The molecule has 1 fully saturated rings. The molecule has 3 heteroatoms. The van der Waals surface area contributed by atoms with Crippen molar-refractivity contribution in [1.82, 2.24) is 0 Å². The van der Waals surface area contributed by atoms with Crippen LogP contribution in [0.25, 0.3) is 6.08 Å². The van der Waals surface area contributed by atoms with Crippen LogP contribution in [0.3, 0.4) is 0 Å². The summed E-state index contributed by atoms with van der Waals surface area (Å²) < 4.78 is 6.04. The summed E-state index contributed by atoms with van der Waals surface area (Å²) in [5.74, 6) is 0.309. The third kappa shape index (κ3) is 4.03. The van der Waals surface area contributed by atoms with Crippen molar-refractivity contribution in [2.24, 2.45) is 5.92 Å². The largest absolute Gasteiger partial charge is 0.372 e. The maximum atomic E-state index is 11.9. The summed E-state index contributed by atoms with van der Waals surface area (Å²) in [6, 6.07) is 10.1. The molecule has 3 atom stereocenters. The minimum Gasteiger partial charge on any atom is -0.372 e. The van der Waals surface area contributed by atoms with Crippen LogP contribution >= 0.6 is 15.9 Å². The van der Waals surface area contributed by atoms with E-state index in [9.17, 15) is 4.79 Å². The zero-order valence-corrected chi connectivity index (χ0v) is 13.8. The van der Waals surface area contributed by atoms with Gasteiger partial charge in [0.05, 0.1) is 16.5 Å². The second-order valence-electron chi connectivity index (χ2n) is 6.19. The van der Waals surface area contributed by atoms with Gasteiger partial charge in [0.2, 0.25) is 0 Å². The minimum absolute atomic E-state index is 0.0492. The molecule has 0 aromatic heterocycles. The van der Waals surface area contributed by atoms with Crippen LogP contribution in [-0.2, 0) is 9.53 Å². The predicted molar refractivity (Wildman–Crippen MR) is 85.9 cm³/mol. The molecule has 1 aromatic rings. The molecular formula is C17H21BrO2. The average molecular weight is 337 g/mol. The summed E-state index contributed by atoms with van der Waals surface area (Å²) >= 11 is 3.51. The minimum atomic E-state index is -0.235. The molecule has 1 saturated carbocycles. The van der Waals surface area contributed by atoms with Gasteiger partial charge in [0, 0.05) is 12.3 Å². The molecule has 20 heavy (non-hydrogen) atoms. The molecule has 1 unspecified atom stereocenters. The van der Waals surface area contributed by atoms with Crippen molar-refractivity contribution in [2.45, 2.75) is 43.7 Å². The fraction of sp³-hybridized carbons (Fsp3) is 0.471. The van der Waals surface area contributed by atoms with Crippen LogP contribution in [0, 0.1) is 5.92 Å². The van der Waals surface area contributed by atoms with Crippen molar-refractivity contribution < 1.29 is 9.53 Å². The first-order valence-corrected chi connectivity index (χ1v) is 7.86. The lowest BCUT2D eigenvalue weighted by atomic mass is 10.0. The summed E-state index contributed by atoms with van der Waals surface area (Å²) in [7, 11) is 0. The third-order valence-corrected chi connectivity index (χ3v) is 4.41. The number of alkyl halides is 1. The van der Waals surface area contributed by atoms with Gasteiger partial charge in [-0.2, -0.15) is 0 Å². The van der Waals surface area contributed by atoms with Crippen LogP contribution in [0.4, 0.5) is 0 Å². The smallest absolute Gasteiger partial charge is 0.149 e. The molecule has 1 aliphatic rings. The lowest BCUT2D eigenvalue weighted by molar-refractivity contribution is -0.119. The third-order valence-electron chi connectivity index (χ3n) is 3.29. The van der Waals surface area contributed by atoms with Gasteiger partial charge in [0.25, 0.3) is 0 Å². The molecule has 0 heterocycles. The number of halogens is 1. The lowest BCUT2D eigenvalue weighted by Crippen LogP contribution is -2.30. The highest BCUT2D eigenvalue weighted by molar-refractivity contribution is 9.10. The summed E-state index contributed by atoms with van der Waals surface area (Å²) in [5.41, 5.74) is 0.905. The number of hydrogen-bond acceptors (Lipinski definition) is 2. The highest BCUT2D eigenvalue weighted by Crippen LogP contribution is 2.35. The van der Waals surface area contributed by atoms with Gasteiger partial charge in [-0.05, 0) is 26.3 Å². The standard InChI is InChI=1S/C17H21BrO2/c1-17(2,3)20-15-11-14(19)16(18)13(15)10-9-12-7-5-4-6-8-12/h4-10,13,15-16H,11H2,1-3H3/b10-9+/t13-,15+,16?/m1/s1. The highest BCUT2D eigenvalue weighted by atomic mass is 79.9. The zero-order chi connectivity index (χ0) is 14.8. The van der Waals surface area contributed by atoms with Gasteiger partial charge < -0.3 is 4.74 Å². The van der Waals surface area contributed by atoms with E-state index in [1.165, 1.54) is 0 Å². The molecule has 2 nitrogen and oxygen atoms in total. The summed E-state index contributed by atoms with van der Waals surface area (Å²) in [4.78, 5) is 11.8. The topological polar surface area (TPSA) is 26.3 Å². The normalized spacial score (nSPS) is 27.4. The quantitative estimate of drug-likeness (QED) is 0.772. The monoisotopic (exact) mass is 336 g/mol. The van der Waals surface area contributed by atoms with Crippen molar-refractivity contribution in [2.75, 3.05) is 0 Å². The molecule has 0 N–H and O–H groups in total. The maximum Gasteiger partial charge on any atom is 0.149 e. The molecule has 1 aliphatic carbocycles. The van der Waals surface area contributed by atoms with Gasteiger partial charge in [0.15, 0.2) is 0 Å². The van der Waals surface area contributed by atoms with Gasteiger partial charge in [-0.3, -0.25) is 4.79 Å². The van der Waals surface area contributed by atoms with Crippen molar-refractivity contribution in [3.8, 4) is 0 Å². The Bertz CT molecular complexity index is 487. The predicted octanol–water partition coefficient (Wildman–Crippen LogP) is 4.24. The van der Waals surface area contributed by atoms with E-state index in [1.807, 2.05) is 39.0 Å². The summed E-state index contributed by atoms with van der Waals surface area (Å²) in [5, 5.41) is 0. The van der Waals surface area contributed by atoms with E-state index in [4.69, 9.17) is 4.74 Å². The molecular weight excluding hydrogens is 316 g/mol. The van der Waals surface area contributed by atoms with E-state index in [0.717, 1.165) is 5.56 Å². The first-order valence-electron chi connectivity index (χ1n) is 6.95. The number of hydrogen-bond donors (Lipinski definition) is 0. The zero-order valence-electron chi connectivity index (χ0n) is 12.2. The Balaban J connectivity index is 2.14. The Labute approximate surface area is 129 Å². The van der Waals surface area contributed by atoms with Crippen LogP contribution < -0.4 is 0 Å². The van der Waals surface area contributed by atoms with Crippen LogP contribution in [0.1, 0.15) is 32.8 Å². The van der Waals surface area contributed by atoms with Crippen molar-refractivity contribution in [1.29, 1.82) is 0 Å². The molecule has 1 aromatic carbocycles. The lowest BCUT2D eigenvalue weighted by Gasteiger charge is -2.27. The highest BCUT2D eigenvalue weighted by Gasteiger charge is 2.41. The Morgan fingerprint density at radius 3 is 2.50 bits per heavy atom. The van der Waals surface area contributed by atoms with Crippen LogP contribution in [-0.4, -0.2) is 22.3 Å². The van der Waals surface area contributed by atoms with Gasteiger partial charge in [-0.15, -0.1) is 0 Å². The molecule has 108 valence electrons. The Hall–Kier alpha value is -0.930. The first kappa shape index (κ1) is 15.5. The van der Waals surface area contributed by atoms with E-state index >= 15 is 0 Å². The summed E-state index contributed by atoms with van der Waals surface area (Å²) in [6.07, 6.45) is 4.59. The van der Waals surface area contributed by atoms with E-state index in [-0.39, 0.29) is 28.2 Å². The fourth-order valence-corrected chi connectivity index (χ4v) is 3.14. The fourth-order valence-electron chi connectivity index (χ4n) is 2.43. The molecule has 0 bridgehead atoms. The van der Waals surface area contributed by atoms with Crippen molar-refractivity contribution in [3.05, 3.63) is 42.0 Å². The van der Waals surface area contributed by atoms with Gasteiger partial charge in [0.1, 0.15) is 5.78 Å². The molecule has 0 amide bonds. The van der Waals surface area contributed by atoms with Crippen LogP contribution in [0.5, 0.6) is 0 Å². The first-order chi connectivity index (χ1) is 9.37. The number of rotatable bonds is 3. The van der Waals surface area contributed by atoms with Gasteiger partial charge in [-0.1, -0.05) is 58.4 Å². The summed E-state index contributed by atoms with van der Waals surface area (Å²) in [6.45, 7) is 6.07. The number of carbonyl (C=O) groups excluding carboxylic acids is 1. The SMILES string of the molecule is CC(C)(C)O[C@H]1CC(=O)C(Br)[C@@H]1/C=C/c1ccccc1. The number of benzene rings is 1. The Kier molecular flexibility index (Phi) is 4.82. The van der Waals surface area contributed by atoms with Gasteiger partial charge >= 0.3 is 0 Å². The Morgan fingerprint density at radius 1 is 1.25 bits per heavy atom. The number of Topliss-reactive ketones (excluding diaryl/α,β-unsaturated/α-hetero) is 1. The van der Waals surface area contributed by atoms with E-state index in [0.29, 0.717) is 6.42 Å². The molecule has 0 radical (unpaired) electrons. The molecule has 0 aliphatic heterocycles. The molecule has 2 rings (SSSR count).